The zero-order valence-electron chi connectivity index (χ0n) is 19.5. The number of aromatic nitrogens is 2. The highest BCUT2D eigenvalue weighted by Gasteiger charge is 2.55. The fourth-order valence-corrected chi connectivity index (χ4v) is 6.02. The summed E-state index contributed by atoms with van der Waals surface area (Å²) in [5.74, 6) is 1.12. The number of allylic oxidation sites excluding steroid dienone is 1. The maximum Gasteiger partial charge on any atom is 0.335 e. The maximum absolute atomic E-state index is 13.0. The number of Topliss-reactive ketones (excluding diaryl/α,β-unsaturated/α-hetero) is 1. The zero-order chi connectivity index (χ0) is 23.1. The summed E-state index contributed by atoms with van der Waals surface area (Å²) >= 11 is 0. The summed E-state index contributed by atoms with van der Waals surface area (Å²) < 4.78 is 2.03. The molecular weight excluding hydrogens is 400 g/mol. The Bertz CT molecular complexity index is 1000. The molecule has 0 radical (unpaired) electrons. The summed E-state index contributed by atoms with van der Waals surface area (Å²) in [6.45, 7) is 9.68. The van der Waals surface area contributed by atoms with Crippen molar-refractivity contribution >= 4 is 17.8 Å². The number of fused-ring (bicyclic) bond motifs is 1. The van der Waals surface area contributed by atoms with E-state index in [0.717, 1.165) is 24.9 Å². The van der Waals surface area contributed by atoms with E-state index in [1.165, 1.54) is 0 Å². The largest absolute Gasteiger partial charge is 0.478 e. The van der Waals surface area contributed by atoms with Crippen molar-refractivity contribution in [2.45, 2.75) is 53.5 Å². The van der Waals surface area contributed by atoms with E-state index >= 15 is 0 Å². The smallest absolute Gasteiger partial charge is 0.335 e. The molecule has 1 heterocycles. The molecule has 2 aliphatic carbocycles. The van der Waals surface area contributed by atoms with Crippen LogP contribution in [0.1, 0.15) is 62.9 Å². The van der Waals surface area contributed by atoms with Crippen LogP contribution in [0.2, 0.25) is 0 Å². The molecule has 4 unspecified atom stereocenters. The molecule has 0 aliphatic heterocycles. The molecule has 170 valence electrons. The molecule has 4 atom stereocenters. The SMILES string of the molecule is CC1(C)CC(=O)C(C)(C)C2CC(/C=C/c3ccc(C(=O)O)cc3)C(Cn3cccn3)CC21. The third-order valence-corrected chi connectivity index (χ3v) is 8.11. The standard InChI is InChI=1S/C27H34N2O3/c1-26(2)16-24(30)27(3,4)23-14-20(11-8-18-6-9-19(10-7-18)25(31)32)21(15-22(23)26)17-29-13-5-12-28-29/h5-13,20-23H,14-17H2,1-4H3,(H,31,32)/b11-8+. The highest BCUT2D eigenvalue weighted by molar-refractivity contribution is 5.87. The Balaban J connectivity index is 1.63. The quantitative estimate of drug-likeness (QED) is 0.667. The van der Waals surface area contributed by atoms with E-state index in [2.05, 4.69) is 44.9 Å². The van der Waals surface area contributed by atoms with Crippen molar-refractivity contribution in [3.63, 3.8) is 0 Å². The number of benzene rings is 1. The van der Waals surface area contributed by atoms with Crippen molar-refractivity contribution in [1.29, 1.82) is 0 Å². The van der Waals surface area contributed by atoms with Gasteiger partial charge in [0, 0.05) is 30.8 Å². The number of aromatic carboxylic acids is 1. The van der Waals surface area contributed by atoms with Gasteiger partial charge in [-0.15, -0.1) is 0 Å². The van der Waals surface area contributed by atoms with Gasteiger partial charge >= 0.3 is 5.97 Å². The molecule has 2 saturated carbocycles. The number of nitrogens with zero attached hydrogens (tertiary/aromatic N) is 2. The van der Waals surface area contributed by atoms with E-state index in [9.17, 15) is 9.59 Å². The number of carbonyl (C=O) groups is 2. The predicted octanol–water partition coefficient (Wildman–Crippen LogP) is 5.58. The van der Waals surface area contributed by atoms with E-state index in [-0.39, 0.29) is 10.8 Å². The highest BCUT2D eigenvalue weighted by atomic mass is 16.4. The second-order valence-electron chi connectivity index (χ2n) is 10.9. The third-order valence-electron chi connectivity index (χ3n) is 8.11. The molecule has 2 aromatic rings. The van der Waals surface area contributed by atoms with Gasteiger partial charge in [0.25, 0.3) is 0 Å². The van der Waals surface area contributed by atoms with Gasteiger partial charge in [-0.2, -0.15) is 5.10 Å². The maximum atomic E-state index is 13.0. The van der Waals surface area contributed by atoms with Crippen molar-refractivity contribution < 1.29 is 14.7 Å². The number of hydrogen-bond acceptors (Lipinski definition) is 3. The fraction of sp³-hybridized carbons (Fsp3) is 0.519. The van der Waals surface area contributed by atoms with Crippen molar-refractivity contribution in [2.24, 2.45) is 34.5 Å². The molecule has 32 heavy (non-hydrogen) atoms. The van der Waals surface area contributed by atoms with Crippen LogP contribution in [-0.4, -0.2) is 26.6 Å². The van der Waals surface area contributed by atoms with Gasteiger partial charge in [-0.1, -0.05) is 52.0 Å². The number of carboxylic acids is 1. The van der Waals surface area contributed by atoms with Crippen LogP contribution >= 0.6 is 0 Å². The van der Waals surface area contributed by atoms with Gasteiger partial charge in [0.15, 0.2) is 0 Å². The molecule has 0 amide bonds. The third kappa shape index (κ3) is 4.30. The Morgan fingerprint density at radius 3 is 2.50 bits per heavy atom. The molecule has 2 fully saturated rings. The van der Waals surface area contributed by atoms with E-state index < -0.39 is 5.97 Å². The number of hydrogen-bond donors (Lipinski definition) is 1. The Morgan fingerprint density at radius 1 is 1.16 bits per heavy atom. The van der Waals surface area contributed by atoms with Crippen molar-refractivity contribution in [3.05, 3.63) is 59.9 Å². The van der Waals surface area contributed by atoms with Crippen molar-refractivity contribution in [1.82, 2.24) is 9.78 Å². The Kier molecular flexibility index (Phi) is 5.87. The van der Waals surface area contributed by atoms with E-state index in [1.54, 1.807) is 12.1 Å². The monoisotopic (exact) mass is 434 g/mol. The van der Waals surface area contributed by atoms with Gasteiger partial charge in [0.2, 0.25) is 0 Å². The molecule has 0 spiro atoms. The van der Waals surface area contributed by atoms with Crippen LogP contribution in [0.25, 0.3) is 6.08 Å². The van der Waals surface area contributed by atoms with Gasteiger partial charge in [0.1, 0.15) is 5.78 Å². The average Bonchev–Trinajstić information content (AvgIpc) is 3.24. The van der Waals surface area contributed by atoms with E-state index in [0.29, 0.717) is 41.4 Å². The molecular formula is C27H34N2O3. The first-order valence-electron chi connectivity index (χ1n) is 11.6. The lowest BCUT2D eigenvalue weighted by Crippen LogP contribution is -2.54. The summed E-state index contributed by atoms with van der Waals surface area (Å²) in [5.41, 5.74) is 1.01. The van der Waals surface area contributed by atoms with Gasteiger partial charge in [-0.25, -0.2) is 4.79 Å². The van der Waals surface area contributed by atoms with Crippen LogP contribution in [0.15, 0.2) is 48.8 Å². The zero-order valence-corrected chi connectivity index (χ0v) is 19.5. The summed E-state index contributed by atoms with van der Waals surface area (Å²) in [5, 5.41) is 13.6. The number of carboxylic acid groups (broad SMARTS) is 1. The first-order valence-corrected chi connectivity index (χ1v) is 11.6. The Labute approximate surface area is 190 Å². The van der Waals surface area contributed by atoms with Gasteiger partial charge in [0.05, 0.1) is 5.56 Å². The van der Waals surface area contributed by atoms with E-state index in [1.807, 2.05) is 35.3 Å². The normalized spacial score (nSPS) is 29.1. The number of carbonyl (C=O) groups excluding carboxylic acids is 1. The van der Waals surface area contributed by atoms with Gasteiger partial charge in [-0.05, 0) is 65.7 Å². The minimum atomic E-state index is -0.912. The van der Waals surface area contributed by atoms with Gasteiger partial charge < -0.3 is 5.11 Å². The van der Waals surface area contributed by atoms with Crippen LogP contribution in [0, 0.1) is 34.5 Å². The number of ketones is 1. The molecule has 5 nitrogen and oxygen atoms in total. The minimum absolute atomic E-state index is 0.0149. The summed E-state index contributed by atoms with van der Waals surface area (Å²) in [7, 11) is 0. The van der Waals surface area contributed by atoms with Crippen LogP contribution in [0.3, 0.4) is 0 Å². The molecule has 5 heteroatoms. The number of rotatable bonds is 5. The van der Waals surface area contributed by atoms with Crippen LogP contribution in [0.5, 0.6) is 0 Å². The lowest BCUT2D eigenvalue weighted by atomic mass is 9.47. The topological polar surface area (TPSA) is 72.2 Å². The molecule has 0 bridgehead atoms. The lowest BCUT2D eigenvalue weighted by molar-refractivity contribution is -0.149. The molecule has 1 aromatic heterocycles. The van der Waals surface area contributed by atoms with Crippen LogP contribution in [0.4, 0.5) is 0 Å². The van der Waals surface area contributed by atoms with Crippen molar-refractivity contribution in [3.8, 4) is 0 Å². The minimum Gasteiger partial charge on any atom is -0.478 e. The second kappa shape index (κ2) is 8.34. The van der Waals surface area contributed by atoms with Crippen LogP contribution in [-0.2, 0) is 11.3 Å². The molecule has 1 aromatic carbocycles. The Morgan fingerprint density at radius 2 is 1.88 bits per heavy atom. The average molecular weight is 435 g/mol. The van der Waals surface area contributed by atoms with Crippen LogP contribution < -0.4 is 0 Å². The van der Waals surface area contributed by atoms with E-state index in [4.69, 9.17) is 5.11 Å². The summed E-state index contributed by atoms with van der Waals surface area (Å²) in [6.07, 6.45) is 11.0. The van der Waals surface area contributed by atoms with Gasteiger partial charge in [-0.3, -0.25) is 9.48 Å². The molecule has 4 rings (SSSR count). The first-order chi connectivity index (χ1) is 15.1. The molecule has 0 saturated heterocycles. The summed E-state index contributed by atoms with van der Waals surface area (Å²) in [4.78, 5) is 24.1. The fourth-order valence-electron chi connectivity index (χ4n) is 6.02. The lowest BCUT2D eigenvalue weighted by Gasteiger charge is -2.56. The molecule has 1 N–H and O–H groups in total. The Hall–Kier alpha value is -2.69. The molecule has 2 aliphatic rings. The van der Waals surface area contributed by atoms with Crippen molar-refractivity contribution in [2.75, 3.05) is 0 Å². The second-order valence-corrected chi connectivity index (χ2v) is 10.9. The highest BCUT2D eigenvalue weighted by Crippen LogP contribution is 2.58. The predicted molar refractivity (Wildman–Crippen MR) is 125 cm³/mol. The summed E-state index contributed by atoms with van der Waals surface area (Å²) in [6, 6.07) is 8.96. The first kappa shape index (κ1) is 22.5.